The molecule has 1 aromatic heterocycles. The number of nitrogens with zero attached hydrogens (tertiary/aromatic N) is 2. The van der Waals surface area contributed by atoms with Crippen molar-refractivity contribution in [3.63, 3.8) is 0 Å². The third kappa shape index (κ3) is 3.12. The highest BCUT2D eigenvalue weighted by Crippen LogP contribution is 2.26. The van der Waals surface area contributed by atoms with Gasteiger partial charge in [0, 0.05) is 12.2 Å². The summed E-state index contributed by atoms with van der Waals surface area (Å²) in [5.41, 5.74) is 1.06. The van der Waals surface area contributed by atoms with Crippen LogP contribution in [0.1, 0.15) is 24.4 Å². The van der Waals surface area contributed by atoms with E-state index in [1.54, 1.807) is 12.3 Å². The van der Waals surface area contributed by atoms with Crippen molar-refractivity contribution in [2.24, 2.45) is 0 Å². The second kappa shape index (κ2) is 5.55. The molecule has 18 heavy (non-hydrogen) atoms. The van der Waals surface area contributed by atoms with Gasteiger partial charge in [-0.1, -0.05) is 29.3 Å². The number of nitrogens with one attached hydrogen (secondary N) is 1. The topological polar surface area (TPSA) is 37.8 Å². The van der Waals surface area contributed by atoms with Crippen LogP contribution in [-0.4, -0.2) is 9.97 Å². The first kappa shape index (κ1) is 13.1. The Bertz CT molecular complexity index is 558. The molecular weight excluding hydrogens is 269 g/mol. The lowest BCUT2D eigenvalue weighted by Crippen LogP contribution is -2.08. The first-order valence-corrected chi connectivity index (χ1v) is 6.33. The van der Waals surface area contributed by atoms with Crippen molar-refractivity contribution in [3.05, 3.63) is 51.9 Å². The van der Waals surface area contributed by atoms with E-state index >= 15 is 0 Å². The van der Waals surface area contributed by atoms with Gasteiger partial charge in [0.2, 0.25) is 0 Å². The largest absolute Gasteiger partial charge is 0.363 e. The van der Waals surface area contributed by atoms with Crippen LogP contribution in [0.25, 0.3) is 0 Å². The van der Waals surface area contributed by atoms with Crippen molar-refractivity contribution in [1.82, 2.24) is 9.97 Å². The molecule has 1 aromatic carbocycles. The van der Waals surface area contributed by atoms with E-state index < -0.39 is 0 Å². The monoisotopic (exact) mass is 281 g/mol. The lowest BCUT2D eigenvalue weighted by molar-refractivity contribution is 0.867. The van der Waals surface area contributed by atoms with Gasteiger partial charge in [-0.05, 0) is 37.6 Å². The zero-order valence-corrected chi connectivity index (χ0v) is 11.6. The van der Waals surface area contributed by atoms with E-state index in [2.05, 4.69) is 15.3 Å². The Kier molecular flexibility index (Phi) is 4.04. The van der Waals surface area contributed by atoms with Crippen molar-refractivity contribution in [2.75, 3.05) is 5.32 Å². The smallest absolute Gasteiger partial charge is 0.130 e. The third-order valence-electron chi connectivity index (χ3n) is 2.58. The summed E-state index contributed by atoms with van der Waals surface area (Å²) < 4.78 is 0. The molecule has 0 saturated heterocycles. The van der Waals surface area contributed by atoms with E-state index in [9.17, 15) is 0 Å². The van der Waals surface area contributed by atoms with Gasteiger partial charge in [-0.3, -0.25) is 0 Å². The zero-order chi connectivity index (χ0) is 13.1. The van der Waals surface area contributed by atoms with Gasteiger partial charge < -0.3 is 5.32 Å². The molecule has 0 unspecified atom stereocenters. The highest BCUT2D eigenvalue weighted by Gasteiger charge is 2.08. The summed E-state index contributed by atoms with van der Waals surface area (Å²) in [6.45, 7) is 3.89. The van der Waals surface area contributed by atoms with Crippen LogP contribution < -0.4 is 5.32 Å². The lowest BCUT2D eigenvalue weighted by atomic mass is 10.1. The summed E-state index contributed by atoms with van der Waals surface area (Å²) in [4.78, 5) is 8.35. The maximum atomic E-state index is 6.00. The lowest BCUT2D eigenvalue weighted by Gasteiger charge is -2.15. The van der Waals surface area contributed by atoms with Gasteiger partial charge in [0.15, 0.2) is 0 Å². The number of hydrogen-bond acceptors (Lipinski definition) is 3. The SMILES string of the molecule is Cc1nccc(N[C@@H](C)c2ccc(Cl)c(Cl)c2)n1. The summed E-state index contributed by atoms with van der Waals surface area (Å²) in [7, 11) is 0. The van der Waals surface area contributed by atoms with E-state index in [0.717, 1.165) is 17.2 Å². The van der Waals surface area contributed by atoms with Gasteiger partial charge in [0.05, 0.1) is 10.0 Å². The quantitative estimate of drug-likeness (QED) is 0.913. The first-order valence-electron chi connectivity index (χ1n) is 5.57. The molecule has 0 amide bonds. The predicted molar refractivity (Wildman–Crippen MR) is 75.3 cm³/mol. The molecule has 0 bridgehead atoms. The molecule has 2 rings (SSSR count). The second-order valence-corrected chi connectivity index (χ2v) is 4.84. The van der Waals surface area contributed by atoms with E-state index in [-0.39, 0.29) is 6.04 Å². The number of aryl methyl sites for hydroxylation is 1. The maximum Gasteiger partial charge on any atom is 0.130 e. The molecule has 5 heteroatoms. The highest BCUT2D eigenvalue weighted by molar-refractivity contribution is 6.42. The molecule has 2 aromatic rings. The van der Waals surface area contributed by atoms with Crippen LogP contribution >= 0.6 is 23.2 Å². The molecule has 1 atom stereocenters. The molecule has 1 N–H and O–H groups in total. The fourth-order valence-electron chi connectivity index (χ4n) is 1.62. The van der Waals surface area contributed by atoms with Crippen LogP contribution in [0.15, 0.2) is 30.5 Å². The van der Waals surface area contributed by atoms with Crippen LogP contribution in [0.5, 0.6) is 0 Å². The average Bonchev–Trinajstić information content (AvgIpc) is 2.32. The Labute approximate surface area is 116 Å². The fraction of sp³-hybridized carbons (Fsp3) is 0.231. The number of rotatable bonds is 3. The van der Waals surface area contributed by atoms with E-state index in [1.807, 2.05) is 32.0 Å². The molecule has 0 radical (unpaired) electrons. The van der Waals surface area contributed by atoms with Gasteiger partial charge in [0.1, 0.15) is 11.6 Å². The van der Waals surface area contributed by atoms with E-state index in [0.29, 0.717) is 10.0 Å². The summed E-state index contributed by atoms with van der Waals surface area (Å²) in [5, 5.41) is 4.41. The predicted octanol–water partition coefficient (Wildman–Crippen LogP) is 4.26. The Morgan fingerprint density at radius 2 is 1.94 bits per heavy atom. The molecule has 1 heterocycles. The molecule has 94 valence electrons. The maximum absolute atomic E-state index is 6.00. The Morgan fingerprint density at radius 1 is 1.17 bits per heavy atom. The summed E-state index contributed by atoms with van der Waals surface area (Å²) >= 11 is 11.9. The Hall–Kier alpha value is -1.32. The standard InChI is InChI=1S/C13H13Cl2N3/c1-8(10-3-4-11(14)12(15)7-10)17-13-5-6-16-9(2)18-13/h3-8H,1-2H3,(H,16,17,18)/t8-/m0/s1. The Balaban J connectivity index is 2.16. The minimum absolute atomic E-state index is 0.0917. The number of hydrogen-bond donors (Lipinski definition) is 1. The number of benzene rings is 1. The molecule has 3 nitrogen and oxygen atoms in total. The molecule has 0 aliphatic rings. The van der Waals surface area contributed by atoms with Gasteiger partial charge >= 0.3 is 0 Å². The van der Waals surface area contributed by atoms with Crippen LogP contribution in [0.4, 0.5) is 5.82 Å². The fourth-order valence-corrected chi connectivity index (χ4v) is 1.93. The Morgan fingerprint density at radius 3 is 2.61 bits per heavy atom. The third-order valence-corrected chi connectivity index (χ3v) is 3.32. The highest BCUT2D eigenvalue weighted by atomic mass is 35.5. The molecule has 0 spiro atoms. The number of aromatic nitrogens is 2. The minimum atomic E-state index is 0.0917. The van der Waals surface area contributed by atoms with E-state index in [4.69, 9.17) is 23.2 Å². The van der Waals surface area contributed by atoms with Gasteiger partial charge in [-0.15, -0.1) is 0 Å². The van der Waals surface area contributed by atoms with Crippen LogP contribution in [-0.2, 0) is 0 Å². The van der Waals surface area contributed by atoms with Gasteiger partial charge in [0.25, 0.3) is 0 Å². The normalized spacial score (nSPS) is 12.2. The van der Waals surface area contributed by atoms with Gasteiger partial charge in [-0.2, -0.15) is 0 Å². The summed E-state index contributed by atoms with van der Waals surface area (Å²) in [6, 6.07) is 7.52. The molecular formula is C13H13Cl2N3. The molecule has 0 aliphatic carbocycles. The first-order chi connectivity index (χ1) is 8.56. The van der Waals surface area contributed by atoms with E-state index in [1.165, 1.54) is 0 Å². The minimum Gasteiger partial charge on any atom is -0.363 e. The second-order valence-electron chi connectivity index (χ2n) is 4.03. The summed E-state index contributed by atoms with van der Waals surface area (Å²) in [5.74, 6) is 1.53. The van der Waals surface area contributed by atoms with Crippen molar-refractivity contribution >= 4 is 29.0 Å². The van der Waals surface area contributed by atoms with Crippen molar-refractivity contribution in [1.29, 1.82) is 0 Å². The number of halogens is 2. The average molecular weight is 282 g/mol. The van der Waals surface area contributed by atoms with Crippen molar-refractivity contribution in [2.45, 2.75) is 19.9 Å². The van der Waals surface area contributed by atoms with Crippen LogP contribution in [0, 0.1) is 6.92 Å². The zero-order valence-electron chi connectivity index (χ0n) is 10.1. The summed E-state index contributed by atoms with van der Waals surface area (Å²) in [6.07, 6.45) is 1.73. The van der Waals surface area contributed by atoms with Crippen LogP contribution in [0.2, 0.25) is 10.0 Å². The van der Waals surface area contributed by atoms with Crippen molar-refractivity contribution < 1.29 is 0 Å². The van der Waals surface area contributed by atoms with Gasteiger partial charge in [-0.25, -0.2) is 9.97 Å². The van der Waals surface area contributed by atoms with Crippen LogP contribution in [0.3, 0.4) is 0 Å². The molecule has 0 saturated carbocycles. The molecule has 0 fully saturated rings. The number of anilines is 1. The molecule has 0 aliphatic heterocycles. The van der Waals surface area contributed by atoms with Crippen molar-refractivity contribution in [3.8, 4) is 0 Å².